The fourth-order valence-electron chi connectivity index (χ4n) is 2.55. The molecule has 104 valence electrons. The molecule has 0 saturated heterocycles. The van der Waals surface area contributed by atoms with Crippen molar-refractivity contribution in [3.8, 4) is 11.1 Å². The predicted molar refractivity (Wildman–Crippen MR) is 80.7 cm³/mol. The summed E-state index contributed by atoms with van der Waals surface area (Å²) in [6, 6.07) is 6.32. The van der Waals surface area contributed by atoms with Crippen LogP contribution in [0.25, 0.3) is 22.2 Å². The molecule has 20 heavy (non-hydrogen) atoms. The molecule has 0 spiro atoms. The summed E-state index contributed by atoms with van der Waals surface area (Å²) < 4.78 is 1.95. The Balaban J connectivity index is 2.05. The van der Waals surface area contributed by atoms with Gasteiger partial charge in [0.15, 0.2) is 0 Å². The summed E-state index contributed by atoms with van der Waals surface area (Å²) in [7, 11) is 3.96. The smallest absolute Gasteiger partial charge is 0.104 e. The van der Waals surface area contributed by atoms with Gasteiger partial charge >= 0.3 is 0 Å². The van der Waals surface area contributed by atoms with E-state index in [0.29, 0.717) is 0 Å². The minimum Gasteiger partial charge on any atom is -0.342 e. The number of fused-ring (bicyclic) bond motifs is 1. The minimum atomic E-state index is 0.942. The number of aromatic nitrogens is 4. The van der Waals surface area contributed by atoms with Crippen molar-refractivity contribution in [2.75, 3.05) is 13.6 Å². The van der Waals surface area contributed by atoms with E-state index in [-0.39, 0.29) is 0 Å². The van der Waals surface area contributed by atoms with E-state index >= 15 is 0 Å². The summed E-state index contributed by atoms with van der Waals surface area (Å²) in [6.07, 6.45) is 2.90. The average Bonchev–Trinajstić information content (AvgIpc) is 2.97. The van der Waals surface area contributed by atoms with Crippen molar-refractivity contribution in [1.82, 2.24) is 25.1 Å². The number of benzene rings is 1. The van der Waals surface area contributed by atoms with E-state index < -0.39 is 0 Å². The van der Waals surface area contributed by atoms with Crippen LogP contribution < -0.4 is 5.32 Å². The van der Waals surface area contributed by atoms with Crippen LogP contribution in [0.3, 0.4) is 0 Å². The molecular weight excluding hydrogens is 250 g/mol. The van der Waals surface area contributed by atoms with Crippen LogP contribution in [0.5, 0.6) is 0 Å². The standard InChI is InChI=1S/C15H19N5/c1-10-18-13-5-4-11(8-14(13)19-10)12-9-17-20(3)15(12)6-7-16-2/h4-5,8-9,16H,6-7H2,1-3H3,(H,18,19). The number of aromatic amines is 1. The third kappa shape index (κ3) is 2.20. The fraction of sp³-hybridized carbons (Fsp3) is 0.333. The van der Waals surface area contributed by atoms with Gasteiger partial charge in [-0.05, 0) is 31.7 Å². The maximum Gasteiger partial charge on any atom is 0.104 e. The summed E-state index contributed by atoms with van der Waals surface area (Å²) in [5, 5.41) is 7.58. The second kappa shape index (κ2) is 5.09. The zero-order valence-electron chi connectivity index (χ0n) is 12.1. The highest BCUT2D eigenvalue weighted by Crippen LogP contribution is 2.26. The van der Waals surface area contributed by atoms with Gasteiger partial charge in [-0.15, -0.1) is 0 Å². The van der Waals surface area contributed by atoms with Crippen molar-refractivity contribution >= 4 is 11.0 Å². The average molecular weight is 269 g/mol. The highest BCUT2D eigenvalue weighted by Gasteiger charge is 2.11. The second-order valence-electron chi connectivity index (χ2n) is 5.04. The molecule has 5 heteroatoms. The highest BCUT2D eigenvalue weighted by atomic mass is 15.3. The number of hydrogen-bond acceptors (Lipinski definition) is 3. The van der Waals surface area contributed by atoms with Crippen molar-refractivity contribution in [3.05, 3.63) is 35.9 Å². The van der Waals surface area contributed by atoms with Gasteiger partial charge in [0.25, 0.3) is 0 Å². The molecule has 0 unspecified atom stereocenters. The molecule has 0 aliphatic rings. The molecule has 0 bridgehead atoms. The van der Waals surface area contributed by atoms with Crippen molar-refractivity contribution in [2.24, 2.45) is 7.05 Å². The molecule has 2 aromatic heterocycles. The molecular formula is C15H19N5. The molecule has 0 atom stereocenters. The maximum atomic E-state index is 4.44. The quantitative estimate of drug-likeness (QED) is 0.762. The number of H-pyrrole nitrogens is 1. The van der Waals surface area contributed by atoms with E-state index in [0.717, 1.165) is 29.8 Å². The largest absolute Gasteiger partial charge is 0.342 e. The number of nitrogens with one attached hydrogen (secondary N) is 2. The molecule has 0 saturated carbocycles. The predicted octanol–water partition coefficient (Wildman–Crippen LogP) is 2.03. The van der Waals surface area contributed by atoms with E-state index in [1.807, 2.05) is 31.9 Å². The molecule has 2 N–H and O–H groups in total. The second-order valence-corrected chi connectivity index (χ2v) is 5.04. The highest BCUT2D eigenvalue weighted by molar-refractivity contribution is 5.82. The van der Waals surface area contributed by atoms with Gasteiger partial charge in [-0.2, -0.15) is 5.10 Å². The van der Waals surface area contributed by atoms with E-state index in [9.17, 15) is 0 Å². The molecule has 5 nitrogen and oxygen atoms in total. The van der Waals surface area contributed by atoms with E-state index in [1.54, 1.807) is 0 Å². The van der Waals surface area contributed by atoms with Crippen molar-refractivity contribution in [3.63, 3.8) is 0 Å². The zero-order valence-corrected chi connectivity index (χ0v) is 12.1. The van der Waals surface area contributed by atoms with Gasteiger partial charge in [-0.25, -0.2) is 4.98 Å². The minimum absolute atomic E-state index is 0.942. The monoisotopic (exact) mass is 269 g/mol. The Hall–Kier alpha value is -2.14. The van der Waals surface area contributed by atoms with Gasteiger partial charge in [0.2, 0.25) is 0 Å². The van der Waals surface area contributed by atoms with Crippen LogP contribution >= 0.6 is 0 Å². The van der Waals surface area contributed by atoms with Gasteiger partial charge in [0.1, 0.15) is 5.82 Å². The van der Waals surface area contributed by atoms with Crippen LogP contribution in [-0.2, 0) is 13.5 Å². The van der Waals surface area contributed by atoms with Crippen molar-refractivity contribution < 1.29 is 0 Å². The van der Waals surface area contributed by atoms with Crippen LogP contribution in [0.2, 0.25) is 0 Å². The molecule has 0 amide bonds. The van der Waals surface area contributed by atoms with Gasteiger partial charge in [0, 0.05) is 31.3 Å². The third-order valence-electron chi connectivity index (χ3n) is 3.58. The molecule has 3 aromatic rings. The Labute approximate surface area is 118 Å². The summed E-state index contributed by atoms with van der Waals surface area (Å²) in [4.78, 5) is 7.73. The molecule has 2 heterocycles. The van der Waals surface area contributed by atoms with Crippen LogP contribution in [0.4, 0.5) is 0 Å². The Kier molecular flexibility index (Phi) is 3.28. The first-order valence-corrected chi connectivity index (χ1v) is 6.81. The fourth-order valence-corrected chi connectivity index (χ4v) is 2.55. The van der Waals surface area contributed by atoms with Gasteiger partial charge in [0.05, 0.1) is 17.2 Å². The lowest BCUT2D eigenvalue weighted by atomic mass is 10.0. The van der Waals surface area contributed by atoms with E-state index in [1.165, 1.54) is 16.8 Å². The van der Waals surface area contributed by atoms with Crippen molar-refractivity contribution in [2.45, 2.75) is 13.3 Å². The topological polar surface area (TPSA) is 58.5 Å². The SMILES string of the molecule is CNCCc1c(-c2ccc3nc(C)[nH]c3c2)cnn1C. The first kappa shape index (κ1) is 12.9. The van der Waals surface area contributed by atoms with Crippen LogP contribution in [-0.4, -0.2) is 33.3 Å². The number of imidazole rings is 1. The Morgan fingerprint density at radius 1 is 1.35 bits per heavy atom. The van der Waals surface area contributed by atoms with E-state index in [4.69, 9.17) is 0 Å². The van der Waals surface area contributed by atoms with Gasteiger partial charge in [-0.1, -0.05) is 6.07 Å². The summed E-state index contributed by atoms with van der Waals surface area (Å²) in [5.41, 5.74) is 5.70. The lowest BCUT2D eigenvalue weighted by Crippen LogP contribution is -2.13. The first-order valence-electron chi connectivity index (χ1n) is 6.81. The molecule has 3 rings (SSSR count). The molecule has 0 fully saturated rings. The zero-order chi connectivity index (χ0) is 14.1. The van der Waals surface area contributed by atoms with Crippen LogP contribution in [0.15, 0.2) is 24.4 Å². The van der Waals surface area contributed by atoms with Crippen LogP contribution in [0.1, 0.15) is 11.5 Å². The number of nitrogens with zero attached hydrogens (tertiary/aromatic N) is 3. The van der Waals surface area contributed by atoms with Crippen LogP contribution in [0, 0.1) is 6.92 Å². The molecule has 0 aliphatic carbocycles. The van der Waals surface area contributed by atoms with Gasteiger partial charge < -0.3 is 10.3 Å². The lowest BCUT2D eigenvalue weighted by molar-refractivity contribution is 0.682. The van der Waals surface area contributed by atoms with Crippen molar-refractivity contribution in [1.29, 1.82) is 0 Å². The Bertz CT molecular complexity index is 738. The lowest BCUT2D eigenvalue weighted by Gasteiger charge is -2.06. The molecule has 0 radical (unpaired) electrons. The van der Waals surface area contributed by atoms with E-state index in [2.05, 4.69) is 38.6 Å². The number of likely N-dealkylation sites (N-methyl/N-ethyl adjacent to an activating group) is 1. The normalized spacial score (nSPS) is 11.3. The van der Waals surface area contributed by atoms with Gasteiger partial charge in [-0.3, -0.25) is 4.68 Å². The number of hydrogen-bond donors (Lipinski definition) is 2. The number of rotatable bonds is 4. The summed E-state index contributed by atoms with van der Waals surface area (Å²) in [6.45, 7) is 2.92. The Morgan fingerprint density at radius 3 is 3.00 bits per heavy atom. The molecule has 1 aromatic carbocycles. The maximum absolute atomic E-state index is 4.44. The first-order chi connectivity index (χ1) is 9.69. The third-order valence-corrected chi connectivity index (χ3v) is 3.58. The molecule has 0 aliphatic heterocycles. The number of aryl methyl sites for hydroxylation is 2. The summed E-state index contributed by atoms with van der Waals surface area (Å²) in [5.74, 6) is 0.943. The summed E-state index contributed by atoms with van der Waals surface area (Å²) >= 11 is 0. The Morgan fingerprint density at radius 2 is 2.20 bits per heavy atom.